The predicted octanol–water partition coefficient (Wildman–Crippen LogP) is 2.49. The van der Waals surface area contributed by atoms with Gasteiger partial charge in [-0.15, -0.1) is 0 Å². The van der Waals surface area contributed by atoms with Crippen LogP contribution >= 0.6 is 0 Å². The summed E-state index contributed by atoms with van der Waals surface area (Å²) in [5.74, 6) is 0.782. The third kappa shape index (κ3) is 3.46. The SMILES string of the molecule is CCC(C)(O)CNCc1ccc2cccc(OC)c2n1. The van der Waals surface area contributed by atoms with Gasteiger partial charge in [-0.3, -0.25) is 0 Å². The monoisotopic (exact) mass is 274 g/mol. The van der Waals surface area contributed by atoms with E-state index in [4.69, 9.17) is 4.74 Å². The lowest BCUT2D eigenvalue weighted by Gasteiger charge is -2.21. The van der Waals surface area contributed by atoms with Crippen molar-refractivity contribution in [2.45, 2.75) is 32.4 Å². The number of para-hydroxylation sites is 1. The number of fused-ring (bicyclic) bond motifs is 1. The maximum atomic E-state index is 9.95. The number of hydrogen-bond acceptors (Lipinski definition) is 4. The van der Waals surface area contributed by atoms with Gasteiger partial charge < -0.3 is 15.2 Å². The fourth-order valence-corrected chi connectivity index (χ4v) is 2.01. The first kappa shape index (κ1) is 14.8. The van der Waals surface area contributed by atoms with Gasteiger partial charge in [0.15, 0.2) is 0 Å². The van der Waals surface area contributed by atoms with Gasteiger partial charge in [0.1, 0.15) is 11.3 Å². The second-order valence-electron chi connectivity index (χ2n) is 5.29. The average molecular weight is 274 g/mol. The summed E-state index contributed by atoms with van der Waals surface area (Å²) in [6.45, 7) is 4.98. The quantitative estimate of drug-likeness (QED) is 0.850. The van der Waals surface area contributed by atoms with Gasteiger partial charge in [-0.05, 0) is 25.5 Å². The van der Waals surface area contributed by atoms with Crippen LogP contribution in [0.15, 0.2) is 30.3 Å². The van der Waals surface area contributed by atoms with Crippen molar-refractivity contribution < 1.29 is 9.84 Å². The number of hydrogen-bond donors (Lipinski definition) is 2. The molecule has 108 valence electrons. The van der Waals surface area contributed by atoms with E-state index in [9.17, 15) is 5.11 Å². The Labute approximate surface area is 119 Å². The summed E-state index contributed by atoms with van der Waals surface area (Å²) < 4.78 is 5.34. The molecule has 1 unspecified atom stereocenters. The molecule has 0 saturated carbocycles. The van der Waals surface area contributed by atoms with E-state index in [0.29, 0.717) is 13.1 Å². The Morgan fingerprint density at radius 3 is 2.80 bits per heavy atom. The highest BCUT2D eigenvalue weighted by Crippen LogP contribution is 2.23. The second kappa shape index (κ2) is 6.20. The van der Waals surface area contributed by atoms with E-state index in [-0.39, 0.29) is 0 Å². The van der Waals surface area contributed by atoms with Gasteiger partial charge in [-0.25, -0.2) is 4.98 Å². The number of nitrogens with zero attached hydrogens (tertiary/aromatic N) is 1. The van der Waals surface area contributed by atoms with E-state index >= 15 is 0 Å². The molecule has 4 heteroatoms. The Kier molecular flexibility index (Phi) is 4.57. The number of aromatic nitrogens is 1. The highest BCUT2D eigenvalue weighted by Gasteiger charge is 2.16. The molecule has 2 aromatic rings. The van der Waals surface area contributed by atoms with Crippen LogP contribution in [0.3, 0.4) is 0 Å². The standard InChI is InChI=1S/C16H22N2O2/c1-4-16(2,19)11-17-10-13-9-8-12-6-5-7-14(20-3)15(12)18-13/h5-9,17,19H,4,10-11H2,1-3H3. The third-order valence-electron chi connectivity index (χ3n) is 3.53. The number of rotatable bonds is 6. The van der Waals surface area contributed by atoms with E-state index in [1.54, 1.807) is 7.11 Å². The molecule has 2 N–H and O–H groups in total. The fourth-order valence-electron chi connectivity index (χ4n) is 2.01. The Hall–Kier alpha value is -1.65. The largest absolute Gasteiger partial charge is 0.494 e. The molecular formula is C16H22N2O2. The van der Waals surface area contributed by atoms with Gasteiger partial charge in [-0.2, -0.15) is 0 Å². The van der Waals surface area contributed by atoms with Crippen molar-refractivity contribution in [3.05, 3.63) is 36.0 Å². The molecule has 4 nitrogen and oxygen atoms in total. The minimum Gasteiger partial charge on any atom is -0.494 e. The van der Waals surface area contributed by atoms with Gasteiger partial charge in [0.05, 0.1) is 18.4 Å². The summed E-state index contributed by atoms with van der Waals surface area (Å²) in [4.78, 5) is 4.62. The van der Waals surface area contributed by atoms with E-state index in [1.807, 2.05) is 44.2 Å². The van der Waals surface area contributed by atoms with Crippen LogP contribution in [-0.4, -0.2) is 29.3 Å². The number of benzene rings is 1. The minimum atomic E-state index is -0.672. The molecule has 2 rings (SSSR count). The summed E-state index contributed by atoms with van der Waals surface area (Å²) in [5, 5.41) is 14.3. The number of aliphatic hydroxyl groups is 1. The maximum Gasteiger partial charge on any atom is 0.145 e. The molecule has 0 amide bonds. The number of nitrogens with one attached hydrogen (secondary N) is 1. The van der Waals surface area contributed by atoms with Gasteiger partial charge in [0, 0.05) is 18.5 Å². The van der Waals surface area contributed by atoms with E-state index in [2.05, 4.69) is 10.3 Å². The van der Waals surface area contributed by atoms with Gasteiger partial charge in [0.25, 0.3) is 0 Å². The van der Waals surface area contributed by atoms with Crippen LogP contribution in [0.5, 0.6) is 5.75 Å². The smallest absolute Gasteiger partial charge is 0.145 e. The van der Waals surface area contributed by atoms with E-state index in [1.165, 1.54) is 0 Å². The fraction of sp³-hybridized carbons (Fsp3) is 0.438. The van der Waals surface area contributed by atoms with Crippen molar-refractivity contribution in [2.75, 3.05) is 13.7 Å². The third-order valence-corrected chi connectivity index (χ3v) is 3.53. The first-order valence-electron chi connectivity index (χ1n) is 6.91. The molecule has 0 spiro atoms. The second-order valence-corrected chi connectivity index (χ2v) is 5.29. The van der Waals surface area contributed by atoms with Gasteiger partial charge >= 0.3 is 0 Å². The van der Waals surface area contributed by atoms with Crippen LogP contribution in [0, 0.1) is 0 Å². The van der Waals surface area contributed by atoms with Crippen LogP contribution in [0.25, 0.3) is 10.9 Å². The van der Waals surface area contributed by atoms with Crippen molar-refractivity contribution >= 4 is 10.9 Å². The topological polar surface area (TPSA) is 54.4 Å². The maximum absolute atomic E-state index is 9.95. The Bertz CT molecular complexity index is 582. The first-order chi connectivity index (χ1) is 9.55. The summed E-state index contributed by atoms with van der Waals surface area (Å²) in [5.41, 5.74) is 1.14. The normalized spacial score (nSPS) is 14.2. The highest BCUT2D eigenvalue weighted by atomic mass is 16.5. The molecule has 1 aromatic heterocycles. The van der Waals surface area contributed by atoms with Crippen LogP contribution in [0.4, 0.5) is 0 Å². The molecule has 1 heterocycles. The van der Waals surface area contributed by atoms with Crippen molar-refractivity contribution in [2.24, 2.45) is 0 Å². The lowest BCUT2D eigenvalue weighted by atomic mass is 10.0. The van der Waals surface area contributed by atoms with Crippen LogP contribution in [0.2, 0.25) is 0 Å². The predicted molar refractivity (Wildman–Crippen MR) is 80.9 cm³/mol. The summed E-state index contributed by atoms with van der Waals surface area (Å²) in [7, 11) is 1.65. The molecule has 1 aromatic carbocycles. The molecule has 0 saturated heterocycles. The van der Waals surface area contributed by atoms with E-state index < -0.39 is 5.60 Å². The zero-order chi connectivity index (χ0) is 14.6. The lowest BCUT2D eigenvalue weighted by Crippen LogP contribution is -2.36. The van der Waals surface area contributed by atoms with Crippen molar-refractivity contribution in [3.63, 3.8) is 0 Å². The summed E-state index contributed by atoms with van der Waals surface area (Å²) >= 11 is 0. The molecule has 0 aliphatic rings. The summed E-state index contributed by atoms with van der Waals surface area (Å²) in [6, 6.07) is 9.92. The molecular weight excluding hydrogens is 252 g/mol. The highest BCUT2D eigenvalue weighted by molar-refractivity contribution is 5.84. The summed E-state index contributed by atoms with van der Waals surface area (Å²) in [6.07, 6.45) is 0.721. The zero-order valence-electron chi connectivity index (χ0n) is 12.3. The van der Waals surface area contributed by atoms with Crippen LogP contribution in [-0.2, 0) is 6.54 Å². The zero-order valence-corrected chi connectivity index (χ0v) is 12.3. The van der Waals surface area contributed by atoms with Crippen molar-refractivity contribution in [1.82, 2.24) is 10.3 Å². The molecule has 0 aliphatic carbocycles. The average Bonchev–Trinajstić information content (AvgIpc) is 2.46. The molecule has 0 bridgehead atoms. The van der Waals surface area contributed by atoms with Crippen molar-refractivity contribution in [3.8, 4) is 5.75 Å². The minimum absolute atomic E-state index is 0.551. The van der Waals surface area contributed by atoms with Gasteiger partial charge in [-0.1, -0.05) is 25.1 Å². The van der Waals surface area contributed by atoms with Crippen molar-refractivity contribution in [1.29, 1.82) is 0 Å². The number of pyridine rings is 1. The van der Waals surface area contributed by atoms with E-state index in [0.717, 1.165) is 28.8 Å². The molecule has 0 radical (unpaired) electrons. The van der Waals surface area contributed by atoms with Crippen LogP contribution < -0.4 is 10.1 Å². The lowest BCUT2D eigenvalue weighted by molar-refractivity contribution is 0.0555. The molecule has 20 heavy (non-hydrogen) atoms. The van der Waals surface area contributed by atoms with Crippen LogP contribution in [0.1, 0.15) is 26.0 Å². The Morgan fingerprint density at radius 1 is 1.30 bits per heavy atom. The molecule has 0 fully saturated rings. The van der Waals surface area contributed by atoms with Gasteiger partial charge in [0.2, 0.25) is 0 Å². The number of ether oxygens (including phenoxy) is 1. The number of methoxy groups -OCH3 is 1. The Morgan fingerprint density at radius 2 is 2.10 bits per heavy atom. The first-order valence-corrected chi connectivity index (χ1v) is 6.91. The molecule has 0 aliphatic heterocycles. The Balaban J connectivity index is 2.12. The molecule has 1 atom stereocenters.